The van der Waals surface area contributed by atoms with Crippen LogP contribution >= 0.6 is 11.5 Å². The zero-order chi connectivity index (χ0) is 18.1. The molecule has 0 amide bonds. The Balaban J connectivity index is 1.70. The molecule has 0 spiro atoms. The van der Waals surface area contributed by atoms with Gasteiger partial charge in [-0.2, -0.15) is 4.37 Å². The fourth-order valence-electron chi connectivity index (χ4n) is 3.12. The minimum Gasteiger partial charge on any atom is -0.375 e. The van der Waals surface area contributed by atoms with Gasteiger partial charge in [-0.3, -0.25) is 4.72 Å². The lowest BCUT2D eigenvalue weighted by molar-refractivity contribution is 0.0533. The van der Waals surface area contributed by atoms with Crippen molar-refractivity contribution in [3.8, 4) is 0 Å². The third-order valence-electron chi connectivity index (χ3n) is 4.30. The summed E-state index contributed by atoms with van der Waals surface area (Å²) in [5, 5.41) is 2.15. The summed E-state index contributed by atoms with van der Waals surface area (Å²) in [5.41, 5.74) is 1.10. The predicted molar refractivity (Wildman–Crippen MR) is 102 cm³/mol. The van der Waals surface area contributed by atoms with Crippen molar-refractivity contribution >= 4 is 43.1 Å². The lowest BCUT2D eigenvalue weighted by atomic mass is 10.1. The molecule has 1 saturated heterocycles. The molecule has 136 valence electrons. The second-order valence-corrected chi connectivity index (χ2v) is 8.60. The van der Waals surface area contributed by atoms with Gasteiger partial charge < -0.3 is 9.64 Å². The van der Waals surface area contributed by atoms with Crippen molar-refractivity contribution in [2.75, 3.05) is 29.3 Å². The molecule has 1 aliphatic rings. The number of fused-ring (bicyclic) bond motifs is 1. The van der Waals surface area contributed by atoms with Gasteiger partial charge in [-0.25, -0.2) is 13.4 Å². The van der Waals surface area contributed by atoms with Gasteiger partial charge in [-0.05, 0) is 30.5 Å². The number of rotatable bonds is 4. The van der Waals surface area contributed by atoms with Gasteiger partial charge in [-0.15, -0.1) is 0 Å². The molecular formula is C17H18N4O3S2. The zero-order valence-electron chi connectivity index (χ0n) is 14.1. The molecule has 0 bridgehead atoms. The highest BCUT2D eigenvalue weighted by molar-refractivity contribution is 7.93. The van der Waals surface area contributed by atoms with Crippen molar-refractivity contribution in [1.29, 1.82) is 0 Å². The van der Waals surface area contributed by atoms with Crippen LogP contribution in [0.5, 0.6) is 0 Å². The molecule has 1 aromatic heterocycles. The molecule has 2 aromatic carbocycles. The fraction of sp³-hybridized carbons (Fsp3) is 0.294. The predicted octanol–water partition coefficient (Wildman–Crippen LogP) is 2.72. The minimum absolute atomic E-state index is 0.176. The van der Waals surface area contributed by atoms with Crippen molar-refractivity contribution < 1.29 is 13.2 Å². The minimum atomic E-state index is -3.70. The standard InChI is InChI=1S/C17H18N4O3S2/c1-12-10-21(7-8-24-12)16-4-2-3-13-9-14(5-6-15(13)16)26(22,23)20-17-18-11-19-25-17/h2-6,9,11-12H,7-8,10H2,1H3,(H,18,19,20). The average molecular weight is 390 g/mol. The third kappa shape index (κ3) is 3.37. The van der Waals surface area contributed by atoms with Crippen LogP contribution in [0.4, 0.5) is 10.8 Å². The maximum atomic E-state index is 12.6. The summed E-state index contributed by atoms with van der Waals surface area (Å²) in [6.45, 7) is 4.39. The normalized spacial score (nSPS) is 18.2. The van der Waals surface area contributed by atoms with Crippen LogP contribution in [0.3, 0.4) is 0 Å². The van der Waals surface area contributed by atoms with Gasteiger partial charge in [0.15, 0.2) is 0 Å². The number of hydrogen-bond acceptors (Lipinski definition) is 7. The number of ether oxygens (including phenoxy) is 1. The maximum absolute atomic E-state index is 12.6. The first kappa shape index (κ1) is 17.2. The Bertz CT molecular complexity index is 1020. The van der Waals surface area contributed by atoms with E-state index in [-0.39, 0.29) is 16.1 Å². The number of morpholine rings is 1. The van der Waals surface area contributed by atoms with Crippen LogP contribution in [-0.4, -0.2) is 43.6 Å². The lowest BCUT2D eigenvalue weighted by Gasteiger charge is -2.33. The third-order valence-corrected chi connectivity index (χ3v) is 6.35. The van der Waals surface area contributed by atoms with Gasteiger partial charge in [0.05, 0.1) is 17.6 Å². The number of benzene rings is 2. The van der Waals surface area contributed by atoms with Crippen LogP contribution in [0.1, 0.15) is 6.92 Å². The van der Waals surface area contributed by atoms with Crippen molar-refractivity contribution in [3.63, 3.8) is 0 Å². The molecule has 4 rings (SSSR count). The summed E-state index contributed by atoms with van der Waals surface area (Å²) in [6.07, 6.45) is 1.49. The Labute approximate surface area is 155 Å². The monoisotopic (exact) mass is 390 g/mol. The number of hydrogen-bond donors (Lipinski definition) is 1. The molecule has 1 aliphatic heterocycles. The molecule has 26 heavy (non-hydrogen) atoms. The Morgan fingerprint density at radius 3 is 2.96 bits per heavy atom. The number of aromatic nitrogens is 2. The van der Waals surface area contributed by atoms with Crippen LogP contribution in [-0.2, 0) is 14.8 Å². The molecule has 7 nitrogen and oxygen atoms in total. The van der Waals surface area contributed by atoms with Crippen LogP contribution in [0.15, 0.2) is 47.6 Å². The highest BCUT2D eigenvalue weighted by Crippen LogP contribution is 2.30. The van der Waals surface area contributed by atoms with E-state index in [1.165, 1.54) is 6.33 Å². The van der Waals surface area contributed by atoms with E-state index >= 15 is 0 Å². The van der Waals surface area contributed by atoms with Crippen molar-refractivity contribution in [2.45, 2.75) is 17.9 Å². The average Bonchev–Trinajstić information content (AvgIpc) is 3.13. The van der Waals surface area contributed by atoms with E-state index in [4.69, 9.17) is 4.74 Å². The van der Waals surface area contributed by atoms with E-state index in [0.29, 0.717) is 6.61 Å². The molecule has 1 atom stereocenters. The largest absolute Gasteiger partial charge is 0.375 e. The number of nitrogens with zero attached hydrogens (tertiary/aromatic N) is 3. The van der Waals surface area contributed by atoms with E-state index in [0.717, 1.165) is 41.1 Å². The summed E-state index contributed by atoms with van der Waals surface area (Å²) >= 11 is 1.000. The second-order valence-electron chi connectivity index (χ2n) is 6.14. The smallest absolute Gasteiger partial charge is 0.263 e. The Hall–Kier alpha value is -2.23. The first-order valence-electron chi connectivity index (χ1n) is 8.22. The van der Waals surface area contributed by atoms with Gasteiger partial charge in [0, 0.05) is 35.7 Å². The lowest BCUT2D eigenvalue weighted by Crippen LogP contribution is -2.41. The Kier molecular flexibility index (Phi) is 4.51. The highest BCUT2D eigenvalue weighted by Gasteiger charge is 2.20. The molecule has 3 aromatic rings. The molecule has 1 N–H and O–H groups in total. The van der Waals surface area contributed by atoms with Crippen LogP contribution in [0.25, 0.3) is 10.8 Å². The SMILES string of the molecule is CC1CN(c2cccc3cc(S(=O)(=O)Nc4ncns4)ccc23)CCO1. The molecule has 1 unspecified atom stereocenters. The first-order valence-corrected chi connectivity index (χ1v) is 10.5. The Morgan fingerprint density at radius 1 is 1.31 bits per heavy atom. The van der Waals surface area contributed by atoms with Crippen LogP contribution < -0.4 is 9.62 Å². The molecule has 9 heteroatoms. The topological polar surface area (TPSA) is 84.4 Å². The summed E-state index contributed by atoms with van der Waals surface area (Å²) < 4.78 is 37.0. The highest BCUT2D eigenvalue weighted by atomic mass is 32.2. The number of sulfonamides is 1. The maximum Gasteiger partial charge on any atom is 0.263 e. The number of nitrogens with one attached hydrogen (secondary N) is 1. The summed E-state index contributed by atoms with van der Waals surface area (Å²) in [4.78, 5) is 6.35. The molecule has 0 aliphatic carbocycles. The zero-order valence-corrected chi connectivity index (χ0v) is 15.8. The van der Waals surface area contributed by atoms with Crippen LogP contribution in [0.2, 0.25) is 0 Å². The second kappa shape index (κ2) is 6.82. The first-order chi connectivity index (χ1) is 12.5. The quantitative estimate of drug-likeness (QED) is 0.737. The van der Waals surface area contributed by atoms with Gasteiger partial charge in [0.25, 0.3) is 10.0 Å². The molecule has 0 radical (unpaired) electrons. The van der Waals surface area contributed by atoms with Crippen LogP contribution in [0, 0.1) is 0 Å². The molecule has 2 heterocycles. The molecular weight excluding hydrogens is 372 g/mol. The molecule has 1 fully saturated rings. The van der Waals surface area contributed by atoms with E-state index in [1.807, 2.05) is 18.2 Å². The van der Waals surface area contributed by atoms with Gasteiger partial charge >= 0.3 is 0 Å². The summed E-state index contributed by atoms with van der Waals surface area (Å²) in [5.74, 6) is 0. The van der Waals surface area contributed by atoms with E-state index in [2.05, 4.69) is 32.0 Å². The van der Waals surface area contributed by atoms with Crippen molar-refractivity contribution in [1.82, 2.24) is 9.36 Å². The fourth-order valence-corrected chi connectivity index (χ4v) is 4.81. The summed E-state index contributed by atoms with van der Waals surface area (Å²) in [6, 6.07) is 11.1. The van der Waals surface area contributed by atoms with Gasteiger partial charge in [0.2, 0.25) is 5.13 Å². The molecule has 0 saturated carbocycles. The van der Waals surface area contributed by atoms with Gasteiger partial charge in [0.1, 0.15) is 6.33 Å². The number of anilines is 2. The van der Waals surface area contributed by atoms with Gasteiger partial charge in [-0.1, -0.05) is 18.2 Å². The summed E-state index contributed by atoms with van der Waals surface area (Å²) in [7, 11) is -3.70. The van der Waals surface area contributed by atoms with E-state index in [9.17, 15) is 8.42 Å². The van der Waals surface area contributed by atoms with Crippen molar-refractivity contribution in [3.05, 3.63) is 42.7 Å². The van der Waals surface area contributed by atoms with E-state index in [1.54, 1.807) is 12.1 Å². The Morgan fingerprint density at radius 2 is 2.19 bits per heavy atom. The van der Waals surface area contributed by atoms with Crippen molar-refractivity contribution in [2.24, 2.45) is 0 Å². The van der Waals surface area contributed by atoms with E-state index < -0.39 is 10.0 Å².